The number of ketones is 2. The highest BCUT2D eigenvalue weighted by molar-refractivity contribution is 5.99. The molecule has 14 heteroatoms. The van der Waals surface area contributed by atoms with Crippen molar-refractivity contribution in [1.29, 1.82) is 0 Å². The molecule has 4 fully saturated rings. The molecule has 61 heavy (non-hydrogen) atoms. The lowest BCUT2D eigenvalue weighted by molar-refractivity contribution is -0.368. The minimum absolute atomic E-state index is 0.123. The van der Waals surface area contributed by atoms with Crippen LogP contribution >= 0.6 is 0 Å². The molecule has 3 unspecified atom stereocenters. The Kier molecular flexibility index (Phi) is 10.2. The highest BCUT2D eigenvalue weighted by Gasteiger charge is 2.88. The molecule has 4 N–H and O–H groups in total. The second kappa shape index (κ2) is 14.8. The molecule has 0 spiro atoms. The first-order valence-corrected chi connectivity index (χ1v) is 20.4. The van der Waals surface area contributed by atoms with Crippen LogP contribution in [0.1, 0.15) is 86.2 Å². The molecule has 14 nitrogen and oxygen atoms in total. The average Bonchev–Trinajstić information content (AvgIpc) is 3.24. The van der Waals surface area contributed by atoms with Crippen molar-refractivity contribution in [3.05, 3.63) is 119 Å². The maximum Gasteiger partial charge on any atom is 0.338 e. The first kappa shape index (κ1) is 42.2. The van der Waals surface area contributed by atoms with Crippen LogP contribution in [0.15, 0.2) is 102 Å². The Labute approximate surface area is 352 Å². The van der Waals surface area contributed by atoms with Gasteiger partial charge in [0.1, 0.15) is 11.7 Å². The summed E-state index contributed by atoms with van der Waals surface area (Å²) in [7, 11) is 0. The monoisotopic (exact) mass is 835 g/mol. The molecule has 3 aromatic carbocycles. The van der Waals surface area contributed by atoms with Crippen molar-refractivity contribution in [2.24, 2.45) is 22.7 Å². The molecule has 0 aromatic heterocycles. The average molecular weight is 836 g/mol. The van der Waals surface area contributed by atoms with Gasteiger partial charge in [-0.2, -0.15) is 0 Å². The molecule has 1 heterocycles. The van der Waals surface area contributed by atoms with Gasteiger partial charge in [-0.1, -0.05) is 78.9 Å². The summed E-state index contributed by atoms with van der Waals surface area (Å²) < 4.78 is 24.2. The van der Waals surface area contributed by atoms with E-state index < -0.39 is 112 Å². The summed E-state index contributed by atoms with van der Waals surface area (Å²) in [5, 5.41) is 40.2. The first-order valence-electron chi connectivity index (χ1n) is 20.4. The molecule has 1 amide bonds. The van der Waals surface area contributed by atoms with Gasteiger partial charge in [0.2, 0.25) is 0 Å². The van der Waals surface area contributed by atoms with E-state index in [0.29, 0.717) is 11.1 Å². The number of esters is 3. The summed E-state index contributed by atoms with van der Waals surface area (Å²) in [6.45, 7) is 6.70. The lowest BCUT2D eigenvalue weighted by Gasteiger charge is -2.79. The minimum atomic E-state index is -2.08. The van der Waals surface area contributed by atoms with Gasteiger partial charge in [-0.15, -0.1) is 0 Å². The number of aliphatic hydroxyl groups is 3. The second-order valence-corrected chi connectivity index (χ2v) is 17.5. The van der Waals surface area contributed by atoms with Crippen LogP contribution in [0.2, 0.25) is 0 Å². The zero-order chi connectivity index (χ0) is 43.9. The number of fused-ring (bicyclic) bond motifs is 3. The van der Waals surface area contributed by atoms with Crippen molar-refractivity contribution in [2.45, 2.75) is 101 Å². The quantitative estimate of drug-likeness (QED) is 0.0940. The van der Waals surface area contributed by atoms with Gasteiger partial charge >= 0.3 is 17.9 Å². The summed E-state index contributed by atoms with van der Waals surface area (Å²) in [6, 6.07) is 23.6. The SMILES string of the molecule is CC(=O)O[C@H]1C(=O)[C@@]2(C)[C@H](C(CC(=O)c3ccccc3)[C@]3(O)CC4(OC(=O)C(O)[C@@H](NC(=O)c5ccccc5)c5ccccc5)C(C)=C1[C@@]43C)[C@]1(OC(C)=O)CO[C@@H]1C[C@@H]2O. The number of benzene rings is 3. The fourth-order valence-corrected chi connectivity index (χ4v) is 11.6. The van der Waals surface area contributed by atoms with Crippen LogP contribution in [0.25, 0.3) is 0 Å². The molecular weight excluding hydrogens is 787 g/mol. The Bertz CT molecular complexity index is 2330. The Morgan fingerprint density at radius 1 is 0.869 bits per heavy atom. The van der Waals surface area contributed by atoms with Crippen LogP contribution in [0.3, 0.4) is 0 Å². The van der Waals surface area contributed by atoms with Gasteiger partial charge in [-0.25, -0.2) is 4.79 Å². The number of hydrogen-bond acceptors (Lipinski definition) is 13. The van der Waals surface area contributed by atoms with Crippen molar-refractivity contribution >= 4 is 35.4 Å². The number of ether oxygens (including phenoxy) is 4. The summed E-state index contributed by atoms with van der Waals surface area (Å²) in [5.41, 5.74) is -7.74. The van der Waals surface area contributed by atoms with Crippen molar-refractivity contribution in [2.75, 3.05) is 6.61 Å². The third-order valence-corrected chi connectivity index (χ3v) is 14.6. The van der Waals surface area contributed by atoms with E-state index in [9.17, 15) is 39.3 Å². The highest BCUT2D eigenvalue weighted by Crippen LogP contribution is 2.79. The second-order valence-electron chi connectivity index (χ2n) is 17.5. The zero-order valence-electron chi connectivity index (χ0n) is 34.5. The molecule has 5 aliphatic rings. The number of aliphatic hydroxyl groups excluding tert-OH is 2. The van der Waals surface area contributed by atoms with Crippen LogP contribution in [-0.4, -0.2) is 98.5 Å². The Balaban J connectivity index is 1.26. The van der Waals surface area contributed by atoms with Crippen molar-refractivity contribution in [3.8, 4) is 0 Å². The molecule has 4 aliphatic carbocycles. The standard InChI is InChI=1S/C47H49NO13/c1-25-35-38(59-26(2)49)40(54)43(4)33(52)22-34-45(24-58-34,60-27(3)50)39(43)31(21-32(51)28-15-9-6-10-16-28)46(57)23-47(25,44(35,46)5)61-42(56)37(53)36(29-17-11-7-12-18-29)48-41(55)30-19-13-8-14-20-30/h6-20,31,33-34,36-39,52-53,57H,21-24H2,1-5H3,(H,48,55)/t31?,33-,34+,36-,37?,38+,39-,43+,44+,45-,46+,47?/m0/s1. The molecule has 3 aromatic rings. The maximum absolute atomic E-state index is 15.4. The lowest BCUT2D eigenvalue weighted by Crippen LogP contribution is -2.88. The van der Waals surface area contributed by atoms with Gasteiger partial charge in [0.05, 0.1) is 35.2 Å². The number of carbonyl (C=O) groups is 6. The highest BCUT2D eigenvalue weighted by atomic mass is 16.6. The van der Waals surface area contributed by atoms with Crippen LogP contribution in [0, 0.1) is 22.7 Å². The molecule has 8 rings (SSSR count). The van der Waals surface area contributed by atoms with Crippen molar-refractivity contribution in [3.63, 3.8) is 0 Å². The fraction of sp³-hybridized carbons (Fsp3) is 0.447. The van der Waals surface area contributed by atoms with Gasteiger partial charge in [-0.3, -0.25) is 24.0 Å². The number of carbonyl (C=O) groups excluding carboxylic acids is 6. The van der Waals surface area contributed by atoms with Crippen LogP contribution in [0.4, 0.5) is 0 Å². The Morgan fingerprint density at radius 3 is 2.02 bits per heavy atom. The van der Waals surface area contributed by atoms with Crippen molar-refractivity contribution in [1.82, 2.24) is 5.32 Å². The maximum atomic E-state index is 15.4. The van der Waals surface area contributed by atoms with Gasteiger partial charge < -0.3 is 39.6 Å². The van der Waals surface area contributed by atoms with Gasteiger partial charge in [0.25, 0.3) is 5.91 Å². The van der Waals surface area contributed by atoms with E-state index in [1.165, 1.54) is 13.8 Å². The predicted molar refractivity (Wildman–Crippen MR) is 214 cm³/mol. The molecule has 0 bridgehead atoms. The van der Waals surface area contributed by atoms with Crippen LogP contribution in [0.5, 0.6) is 0 Å². The number of nitrogens with one attached hydrogen (secondary N) is 1. The number of rotatable bonds is 11. The van der Waals surface area contributed by atoms with Crippen LogP contribution in [-0.2, 0) is 38.1 Å². The summed E-state index contributed by atoms with van der Waals surface area (Å²) in [4.78, 5) is 83.5. The summed E-state index contributed by atoms with van der Waals surface area (Å²) in [6.07, 6.45) is -7.03. The predicted octanol–water partition coefficient (Wildman–Crippen LogP) is 3.76. The smallest absolute Gasteiger partial charge is 0.338 e. The molecule has 1 saturated heterocycles. The number of amides is 1. The summed E-state index contributed by atoms with van der Waals surface area (Å²) >= 11 is 0. The van der Waals surface area contributed by atoms with E-state index in [1.54, 1.807) is 105 Å². The van der Waals surface area contributed by atoms with E-state index in [2.05, 4.69) is 5.32 Å². The third kappa shape index (κ3) is 5.97. The minimum Gasteiger partial charge on any atom is -0.454 e. The number of hydrogen-bond donors (Lipinski definition) is 4. The van der Waals surface area contributed by atoms with Gasteiger partial charge in [0, 0.05) is 56.1 Å². The summed E-state index contributed by atoms with van der Waals surface area (Å²) in [5.74, 6) is -7.07. The normalized spacial score (nSPS) is 35.3. The molecule has 320 valence electrons. The van der Waals surface area contributed by atoms with E-state index in [-0.39, 0.29) is 36.2 Å². The van der Waals surface area contributed by atoms with Gasteiger partial charge in [0.15, 0.2) is 29.4 Å². The van der Waals surface area contributed by atoms with Crippen molar-refractivity contribution < 1.29 is 63.0 Å². The molecule has 12 atom stereocenters. The Morgan fingerprint density at radius 2 is 1.46 bits per heavy atom. The van der Waals surface area contributed by atoms with E-state index in [1.807, 2.05) is 0 Å². The van der Waals surface area contributed by atoms with Gasteiger partial charge in [-0.05, 0) is 49.6 Å². The molecule has 1 aliphatic heterocycles. The third-order valence-electron chi connectivity index (χ3n) is 14.6. The fourth-order valence-electron chi connectivity index (χ4n) is 11.6. The Hall–Kier alpha value is -5.54. The van der Waals surface area contributed by atoms with E-state index in [4.69, 9.17) is 18.9 Å². The molecule has 0 radical (unpaired) electrons. The van der Waals surface area contributed by atoms with E-state index >= 15 is 4.79 Å². The van der Waals surface area contributed by atoms with E-state index in [0.717, 1.165) is 6.92 Å². The molecular formula is C47H49NO13. The van der Waals surface area contributed by atoms with Crippen LogP contribution < -0.4 is 5.32 Å². The lowest BCUT2D eigenvalue weighted by atomic mass is 9.29. The zero-order valence-corrected chi connectivity index (χ0v) is 34.5. The molecule has 3 saturated carbocycles. The number of Topliss-reactive ketones (excluding diaryl/α,β-unsaturated/α-hetero) is 2. The first-order chi connectivity index (χ1) is 28.9. The largest absolute Gasteiger partial charge is 0.454 e. The topological polar surface area (TPSA) is 212 Å².